The minimum absolute atomic E-state index is 0.257. The molecule has 0 bridgehead atoms. The molecule has 108 valence electrons. The topological polar surface area (TPSA) is 61.4 Å². The standard InChI is InChI=1S/C15H21N3O2/c1-18(13-9-5-6-10-13)11-14(19)17-15(20)16-12-7-3-2-4-8-12/h2-4,7-8,13H,5-6,9-11H2,1H3,(H2,16,17,19,20). The first-order valence-corrected chi connectivity index (χ1v) is 7.01. The molecule has 1 aliphatic rings. The molecule has 1 aromatic carbocycles. The fourth-order valence-electron chi connectivity index (χ4n) is 2.55. The summed E-state index contributed by atoms with van der Waals surface area (Å²) in [6.07, 6.45) is 4.73. The number of likely N-dealkylation sites (N-methyl/N-ethyl adjacent to an activating group) is 1. The van der Waals surface area contributed by atoms with Gasteiger partial charge in [0, 0.05) is 11.7 Å². The van der Waals surface area contributed by atoms with E-state index in [0.29, 0.717) is 11.7 Å². The van der Waals surface area contributed by atoms with Crippen molar-refractivity contribution in [3.05, 3.63) is 30.3 Å². The van der Waals surface area contributed by atoms with Crippen molar-refractivity contribution < 1.29 is 9.59 Å². The summed E-state index contributed by atoms with van der Waals surface area (Å²) >= 11 is 0. The monoisotopic (exact) mass is 275 g/mol. The van der Waals surface area contributed by atoms with Crippen LogP contribution in [0.2, 0.25) is 0 Å². The van der Waals surface area contributed by atoms with Gasteiger partial charge in [-0.2, -0.15) is 0 Å². The maximum absolute atomic E-state index is 11.8. The van der Waals surface area contributed by atoms with Gasteiger partial charge in [-0.15, -0.1) is 0 Å². The van der Waals surface area contributed by atoms with Crippen molar-refractivity contribution in [2.75, 3.05) is 18.9 Å². The third-order valence-electron chi connectivity index (χ3n) is 3.63. The average molecular weight is 275 g/mol. The predicted octanol–water partition coefficient (Wildman–Crippen LogP) is 2.21. The summed E-state index contributed by atoms with van der Waals surface area (Å²) < 4.78 is 0. The Morgan fingerprint density at radius 2 is 1.85 bits per heavy atom. The number of urea groups is 1. The molecule has 0 spiro atoms. The highest BCUT2D eigenvalue weighted by molar-refractivity contribution is 6.01. The van der Waals surface area contributed by atoms with Crippen LogP contribution in [-0.2, 0) is 4.79 Å². The minimum Gasteiger partial charge on any atom is -0.308 e. The lowest BCUT2D eigenvalue weighted by Gasteiger charge is -2.22. The van der Waals surface area contributed by atoms with Crippen molar-refractivity contribution in [2.45, 2.75) is 31.7 Å². The Morgan fingerprint density at radius 3 is 2.50 bits per heavy atom. The Bertz CT molecular complexity index is 455. The van der Waals surface area contributed by atoms with Gasteiger partial charge in [0.25, 0.3) is 0 Å². The van der Waals surface area contributed by atoms with Gasteiger partial charge in [-0.05, 0) is 32.0 Å². The Morgan fingerprint density at radius 1 is 1.20 bits per heavy atom. The third kappa shape index (κ3) is 4.35. The summed E-state index contributed by atoms with van der Waals surface area (Å²) in [5, 5.41) is 4.98. The molecule has 1 fully saturated rings. The van der Waals surface area contributed by atoms with Gasteiger partial charge < -0.3 is 5.32 Å². The molecule has 5 heteroatoms. The number of para-hydroxylation sites is 1. The van der Waals surface area contributed by atoms with Gasteiger partial charge in [-0.1, -0.05) is 31.0 Å². The molecule has 20 heavy (non-hydrogen) atoms. The number of rotatable bonds is 4. The van der Waals surface area contributed by atoms with Crippen LogP contribution >= 0.6 is 0 Å². The molecule has 0 unspecified atom stereocenters. The second kappa shape index (κ2) is 7.05. The van der Waals surface area contributed by atoms with E-state index in [-0.39, 0.29) is 12.5 Å². The fourth-order valence-corrected chi connectivity index (χ4v) is 2.55. The Labute approximate surface area is 119 Å². The molecule has 1 aromatic rings. The number of imide groups is 1. The second-order valence-electron chi connectivity index (χ2n) is 5.22. The summed E-state index contributed by atoms with van der Waals surface area (Å²) in [5.74, 6) is -0.271. The summed E-state index contributed by atoms with van der Waals surface area (Å²) in [6.45, 7) is 0.257. The number of hydrogen-bond acceptors (Lipinski definition) is 3. The van der Waals surface area contributed by atoms with Gasteiger partial charge in [0.1, 0.15) is 0 Å². The van der Waals surface area contributed by atoms with Crippen LogP contribution in [0.3, 0.4) is 0 Å². The molecule has 2 rings (SSSR count). The summed E-state index contributed by atoms with van der Waals surface area (Å²) in [7, 11) is 1.94. The van der Waals surface area contributed by atoms with Crippen molar-refractivity contribution in [2.24, 2.45) is 0 Å². The third-order valence-corrected chi connectivity index (χ3v) is 3.63. The SMILES string of the molecule is CN(CC(=O)NC(=O)Nc1ccccc1)C1CCCC1. The fraction of sp³-hybridized carbons (Fsp3) is 0.467. The molecule has 0 radical (unpaired) electrons. The van der Waals surface area contributed by atoms with E-state index in [1.807, 2.05) is 30.1 Å². The van der Waals surface area contributed by atoms with Gasteiger partial charge in [-0.3, -0.25) is 15.0 Å². The van der Waals surface area contributed by atoms with Gasteiger partial charge >= 0.3 is 6.03 Å². The van der Waals surface area contributed by atoms with Crippen LogP contribution in [0.15, 0.2) is 30.3 Å². The molecule has 0 heterocycles. The maximum Gasteiger partial charge on any atom is 0.325 e. The number of hydrogen-bond donors (Lipinski definition) is 2. The number of carbonyl (C=O) groups is 2. The van der Waals surface area contributed by atoms with Crippen LogP contribution in [0.1, 0.15) is 25.7 Å². The number of amides is 3. The Hall–Kier alpha value is -1.88. The van der Waals surface area contributed by atoms with Crippen molar-refractivity contribution in [1.82, 2.24) is 10.2 Å². The van der Waals surface area contributed by atoms with E-state index in [4.69, 9.17) is 0 Å². The minimum atomic E-state index is -0.485. The summed E-state index contributed by atoms with van der Waals surface area (Å²) in [5.41, 5.74) is 0.668. The quantitative estimate of drug-likeness (QED) is 0.885. The zero-order valence-corrected chi connectivity index (χ0v) is 11.8. The second-order valence-corrected chi connectivity index (χ2v) is 5.22. The first kappa shape index (κ1) is 14.5. The lowest BCUT2D eigenvalue weighted by Crippen LogP contribution is -2.43. The molecule has 3 amide bonds. The first-order chi connectivity index (χ1) is 9.65. The number of benzene rings is 1. The first-order valence-electron chi connectivity index (χ1n) is 7.01. The highest BCUT2D eigenvalue weighted by Gasteiger charge is 2.21. The smallest absolute Gasteiger partial charge is 0.308 e. The summed E-state index contributed by atoms with van der Waals surface area (Å²) in [4.78, 5) is 25.5. The van der Waals surface area contributed by atoms with Crippen molar-refractivity contribution in [3.8, 4) is 0 Å². The normalized spacial score (nSPS) is 15.3. The van der Waals surface area contributed by atoms with E-state index >= 15 is 0 Å². The lowest BCUT2D eigenvalue weighted by atomic mass is 10.2. The largest absolute Gasteiger partial charge is 0.325 e. The molecule has 0 atom stereocenters. The zero-order valence-electron chi connectivity index (χ0n) is 11.8. The van der Waals surface area contributed by atoms with E-state index in [2.05, 4.69) is 10.6 Å². The zero-order chi connectivity index (χ0) is 14.4. The van der Waals surface area contributed by atoms with E-state index in [0.717, 1.165) is 12.8 Å². The molecular weight excluding hydrogens is 254 g/mol. The molecule has 0 aliphatic heterocycles. The van der Waals surface area contributed by atoms with Crippen molar-refractivity contribution in [3.63, 3.8) is 0 Å². The van der Waals surface area contributed by atoms with Crippen LogP contribution in [0.4, 0.5) is 10.5 Å². The molecule has 5 nitrogen and oxygen atoms in total. The van der Waals surface area contributed by atoms with Crippen LogP contribution in [0.5, 0.6) is 0 Å². The molecule has 0 saturated heterocycles. The van der Waals surface area contributed by atoms with Crippen molar-refractivity contribution in [1.29, 1.82) is 0 Å². The number of nitrogens with zero attached hydrogens (tertiary/aromatic N) is 1. The van der Waals surface area contributed by atoms with Crippen LogP contribution in [0.25, 0.3) is 0 Å². The average Bonchev–Trinajstić information content (AvgIpc) is 2.93. The highest BCUT2D eigenvalue weighted by Crippen LogP contribution is 2.21. The van der Waals surface area contributed by atoms with Crippen LogP contribution in [0, 0.1) is 0 Å². The van der Waals surface area contributed by atoms with Gasteiger partial charge in [-0.25, -0.2) is 4.79 Å². The Balaban J connectivity index is 1.74. The van der Waals surface area contributed by atoms with Crippen molar-refractivity contribution >= 4 is 17.6 Å². The van der Waals surface area contributed by atoms with Gasteiger partial charge in [0.2, 0.25) is 5.91 Å². The summed E-state index contributed by atoms with van der Waals surface area (Å²) in [6, 6.07) is 9.05. The van der Waals surface area contributed by atoms with Gasteiger partial charge in [0.15, 0.2) is 0 Å². The Kier molecular flexibility index (Phi) is 5.12. The highest BCUT2D eigenvalue weighted by atomic mass is 16.2. The number of carbonyl (C=O) groups excluding carboxylic acids is 2. The number of nitrogens with one attached hydrogen (secondary N) is 2. The molecule has 0 aromatic heterocycles. The van der Waals surface area contributed by atoms with E-state index in [1.165, 1.54) is 12.8 Å². The van der Waals surface area contributed by atoms with E-state index in [1.54, 1.807) is 12.1 Å². The van der Waals surface area contributed by atoms with Crippen LogP contribution < -0.4 is 10.6 Å². The molecular formula is C15H21N3O2. The van der Waals surface area contributed by atoms with E-state index < -0.39 is 6.03 Å². The maximum atomic E-state index is 11.8. The molecule has 1 aliphatic carbocycles. The molecule has 2 N–H and O–H groups in total. The predicted molar refractivity (Wildman–Crippen MR) is 78.5 cm³/mol. The van der Waals surface area contributed by atoms with Gasteiger partial charge in [0.05, 0.1) is 6.54 Å². The van der Waals surface area contributed by atoms with Crippen LogP contribution in [-0.4, -0.2) is 36.5 Å². The van der Waals surface area contributed by atoms with E-state index in [9.17, 15) is 9.59 Å². The lowest BCUT2D eigenvalue weighted by molar-refractivity contribution is -0.121. The molecule has 1 saturated carbocycles. The number of anilines is 1.